The number of para-hydroxylation sites is 2. The molecule has 8 heteroatoms. The molecule has 0 aliphatic carbocycles. The third-order valence-electron chi connectivity index (χ3n) is 4.14. The zero-order valence-corrected chi connectivity index (χ0v) is 16.7. The Morgan fingerprint density at radius 1 is 1.17 bits per heavy atom. The number of nitrogens with one attached hydrogen (secondary N) is 1. The number of imidazole rings is 1. The van der Waals surface area contributed by atoms with E-state index in [4.69, 9.17) is 9.84 Å². The molecule has 0 saturated heterocycles. The van der Waals surface area contributed by atoms with Crippen molar-refractivity contribution in [1.29, 1.82) is 0 Å². The van der Waals surface area contributed by atoms with E-state index in [0.717, 1.165) is 22.6 Å². The maximum absolute atomic E-state index is 11.9. The van der Waals surface area contributed by atoms with Crippen molar-refractivity contribution in [3.8, 4) is 0 Å². The number of aromatic nitrogens is 3. The van der Waals surface area contributed by atoms with E-state index in [1.54, 1.807) is 6.07 Å². The summed E-state index contributed by atoms with van der Waals surface area (Å²) in [6, 6.07) is 11.0. The summed E-state index contributed by atoms with van der Waals surface area (Å²) >= 11 is 0. The number of aromatic carboxylic acids is 1. The van der Waals surface area contributed by atoms with Gasteiger partial charge in [-0.05, 0) is 45.0 Å². The van der Waals surface area contributed by atoms with Crippen LogP contribution in [0.25, 0.3) is 11.0 Å². The zero-order chi connectivity index (χ0) is 21.0. The highest BCUT2D eigenvalue weighted by atomic mass is 16.6. The number of carbonyl (C=O) groups is 2. The lowest BCUT2D eigenvalue weighted by Crippen LogP contribution is -2.33. The van der Waals surface area contributed by atoms with Gasteiger partial charge in [0.05, 0.1) is 28.8 Å². The monoisotopic (exact) mass is 396 g/mol. The maximum atomic E-state index is 11.9. The highest BCUT2D eigenvalue weighted by molar-refractivity contribution is 5.87. The third-order valence-corrected chi connectivity index (χ3v) is 4.14. The molecule has 29 heavy (non-hydrogen) atoms. The quantitative estimate of drug-likeness (QED) is 0.662. The number of carboxylic acids is 1. The summed E-state index contributed by atoms with van der Waals surface area (Å²) in [6.07, 6.45) is 1.40. The van der Waals surface area contributed by atoms with Gasteiger partial charge < -0.3 is 19.7 Å². The van der Waals surface area contributed by atoms with E-state index in [0.29, 0.717) is 19.5 Å². The Labute approximate surface area is 168 Å². The van der Waals surface area contributed by atoms with Crippen molar-refractivity contribution < 1.29 is 19.4 Å². The van der Waals surface area contributed by atoms with E-state index in [-0.39, 0.29) is 5.56 Å². The Kier molecular flexibility index (Phi) is 5.81. The number of hydrogen-bond acceptors (Lipinski definition) is 5. The van der Waals surface area contributed by atoms with Crippen molar-refractivity contribution in [2.75, 3.05) is 6.54 Å². The van der Waals surface area contributed by atoms with Crippen LogP contribution in [0.2, 0.25) is 0 Å². The van der Waals surface area contributed by atoms with Crippen LogP contribution in [0.5, 0.6) is 0 Å². The molecular formula is C21H24N4O4. The number of nitrogens with zero attached hydrogens (tertiary/aromatic N) is 3. The van der Waals surface area contributed by atoms with Crippen LogP contribution >= 0.6 is 0 Å². The summed E-state index contributed by atoms with van der Waals surface area (Å²) in [6.45, 7) is 6.27. The van der Waals surface area contributed by atoms with Crippen LogP contribution in [-0.2, 0) is 17.7 Å². The number of fused-ring (bicyclic) bond motifs is 1. The van der Waals surface area contributed by atoms with E-state index in [1.165, 1.54) is 12.3 Å². The molecular weight excluding hydrogens is 372 g/mol. The molecule has 3 rings (SSSR count). The number of alkyl carbamates (subject to hydrolysis) is 1. The predicted octanol–water partition coefficient (Wildman–Crippen LogP) is 3.25. The SMILES string of the molecule is CC(C)(C)OC(=O)NCCc1nc2ccccc2n1Cc1ccc(C(=O)O)cn1. The summed E-state index contributed by atoms with van der Waals surface area (Å²) in [4.78, 5) is 31.8. The normalized spacial score (nSPS) is 11.4. The van der Waals surface area contributed by atoms with E-state index in [2.05, 4.69) is 15.3 Å². The molecule has 0 aliphatic rings. The van der Waals surface area contributed by atoms with Gasteiger partial charge in [0.15, 0.2) is 0 Å². The molecule has 0 unspecified atom stereocenters. The number of rotatable bonds is 6. The lowest BCUT2D eigenvalue weighted by Gasteiger charge is -2.19. The van der Waals surface area contributed by atoms with Crippen LogP contribution in [0.15, 0.2) is 42.6 Å². The largest absolute Gasteiger partial charge is 0.478 e. The second kappa shape index (κ2) is 8.30. The first-order valence-corrected chi connectivity index (χ1v) is 9.32. The standard InChI is InChI=1S/C21H24N4O4/c1-21(2,3)29-20(28)22-11-10-18-24-16-6-4-5-7-17(16)25(18)13-15-9-8-14(12-23-15)19(26)27/h4-9,12H,10-11,13H2,1-3H3,(H,22,28)(H,26,27). The van der Waals surface area contributed by atoms with Crippen LogP contribution in [0.4, 0.5) is 4.79 Å². The van der Waals surface area contributed by atoms with Crippen LogP contribution in [0.1, 0.15) is 42.6 Å². The summed E-state index contributed by atoms with van der Waals surface area (Å²) < 4.78 is 7.28. The lowest BCUT2D eigenvalue weighted by atomic mass is 10.2. The molecule has 3 aromatic rings. The first kappa shape index (κ1) is 20.3. The van der Waals surface area contributed by atoms with E-state index in [1.807, 2.05) is 49.6 Å². The Balaban J connectivity index is 1.77. The fourth-order valence-electron chi connectivity index (χ4n) is 2.89. The van der Waals surface area contributed by atoms with Gasteiger partial charge in [0.2, 0.25) is 0 Å². The van der Waals surface area contributed by atoms with Gasteiger partial charge in [-0.15, -0.1) is 0 Å². The second-order valence-corrected chi connectivity index (χ2v) is 7.62. The highest BCUT2D eigenvalue weighted by Crippen LogP contribution is 2.18. The van der Waals surface area contributed by atoms with Gasteiger partial charge in [-0.3, -0.25) is 4.98 Å². The molecule has 2 heterocycles. The van der Waals surface area contributed by atoms with E-state index >= 15 is 0 Å². The average molecular weight is 396 g/mol. The molecule has 0 fully saturated rings. The minimum atomic E-state index is -1.01. The number of pyridine rings is 1. The fraction of sp³-hybridized carbons (Fsp3) is 0.333. The molecule has 1 amide bonds. The number of amides is 1. The number of hydrogen-bond donors (Lipinski definition) is 2. The summed E-state index contributed by atoms with van der Waals surface area (Å²) in [7, 11) is 0. The number of benzene rings is 1. The molecule has 152 valence electrons. The second-order valence-electron chi connectivity index (χ2n) is 7.62. The van der Waals surface area contributed by atoms with Crippen molar-refractivity contribution in [3.63, 3.8) is 0 Å². The molecule has 2 N–H and O–H groups in total. The smallest absolute Gasteiger partial charge is 0.407 e. The Morgan fingerprint density at radius 2 is 1.93 bits per heavy atom. The topological polar surface area (TPSA) is 106 Å². The van der Waals surface area contributed by atoms with Crippen LogP contribution in [0.3, 0.4) is 0 Å². The molecule has 8 nitrogen and oxygen atoms in total. The number of carbonyl (C=O) groups excluding carboxylic acids is 1. The molecule has 2 aromatic heterocycles. The summed E-state index contributed by atoms with van der Waals surface area (Å²) in [5, 5.41) is 11.8. The van der Waals surface area contributed by atoms with Crippen molar-refractivity contribution >= 4 is 23.1 Å². The van der Waals surface area contributed by atoms with E-state index in [9.17, 15) is 9.59 Å². The van der Waals surface area contributed by atoms with Gasteiger partial charge in [0.1, 0.15) is 11.4 Å². The first-order valence-electron chi connectivity index (χ1n) is 9.32. The minimum Gasteiger partial charge on any atom is -0.478 e. The average Bonchev–Trinajstić information content (AvgIpc) is 2.98. The molecule has 0 radical (unpaired) electrons. The maximum Gasteiger partial charge on any atom is 0.407 e. The molecule has 0 saturated carbocycles. The molecule has 0 atom stereocenters. The minimum absolute atomic E-state index is 0.144. The number of ether oxygens (including phenoxy) is 1. The van der Waals surface area contributed by atoms with Crippen molar-refractivity contribution in [3.05, 3.63) is 59.7 Å². The van der Waals surface area contributed by atoms with Gasteiger partial charge in [-0.25, -0.2) is 14.6 Å². The summed E-state index contributed by atoms with van der Waals surface area (Å²) in [5.74, 6) is -0.211. The first-order chi connectivity index (χ1) is 13.7. The lowest BCUT2D eigenvalue weighted by molar-refractivity contribution is 0.0527. The predicted molar refractivity (Wildman–Crippen MR) is 108 cm³/mol. The van der Waals surface area contributed by atoms with Gasteiger partial charge in [0.25, 0.3) is 0 Å². The van der Waals surface area contributed by atoms with Crippen LogP contribution in [0, 0.1) is 0 Å². The van der Waals surface area contributed by atoms with Gasteiger partial charge in [-0.2, -0.15) is 0 Å². The zero-order valence-electron chi connectivity index (χ0n) is 16.7. The third kappa shape index (κ3) is 5.31. The number of carboxylic acid groups (broad SMARTS) is 1. The molecule has 0 aliphatic heterocycles. The van der Waals surface area contributed by atoms with Crippen molar-refractivity contribution in [2.45, 2.75) is 39.3 Å². The fourth-order valence-corrected chi connectivity index (χ4v) is 2.89. The van der Waals surface area contributed by atoms with Gasteiger partial charge >= 0.3 is 12.1 Å². The van der Waals surface area contributed by atoms with E-state index < -0.39 is 17.7 Å². The molecule has 0 spiro atoms. The van der Waals surface area contributed by atoms with Crippen LogP contribution < -0.4 is 5.32 Å². The van der Waals surface area contributed by atoms with Crippen molar-refractivity contribution in [1.82, 2.24) is 19.9 Å². The van der Waals surface area contributed by atoms with Crippen molar-refractivity contribution in [2.24, 2.45) is 0 Å². The Bertz CT molecular complexity index is 1020. The molecule has 0 bridgehead atoms. The Morgan fingerprint density at radius 3 is 2.59 bits per heavy atom. The summed E-state index contributed by atoms with van der Waals surface area (Å²) in [5.41, 5.74) is 2.11. The molecule has 1 aromatic carbocycles. The Hall–Kier alpha value is -3.42. The van der Waals surface area contributed by atoms with Gasteiger partial charge in [0, 0.05) is 19.2 Å². The highest BCUT2D eigenvalue weighted by Gasteiger charge is 2.17. The van der Waals surface area contributed by atoms with Crippen LogP contribution in [-0.4, -0.2) is 43.8 Å². The van der Waals surface area contributed by atoms with Gasteiger partial charge in [-0.1, -0.05) is 12.1 Å².